The molecule has 2 aromatic carbocycles. The van der Waals surface area contributed by atoms with Crippen LogP contribution in [0.1, 0.15) is 35.3 Å². The predicted octanol–water partition coefficient (Wildman–Crippen LogP) is 1.98. The van der Waals surface area contributed by atoms with E-state index >= 15 is 0 Å². The first-order valence-electron chi connectivity index (χ1n) is 10.1. The highest BCUT2D eigenvalue weighted by atomic mass is 16.5. The lowest BCUT2D eigenvalue weighted by Crippen LogP contribution is -3.12. The molecule has 0 spiro atoms. The molecule has 0 aromatic heterocycles. The van der Waals surface area contributed by atoms with Crippen molar-refractivity contribution in [3.8, 4) is 5.75 Å². The van der Waals surface area contributed by atoms with Gasteiger partial charge in [0.1, 0.15) is 5.75 Å². The first kappa shape index (κ1) is 22.4. The van der Waals surface area contributed by atoms with Crippen LogP contribution in [0.5, 0.6) is 5.75 Å². The summed E-state index contributed by atoms with van der Waals surface area (Å²) in [6, 6.07) is 12.6. The maximum atomic E-state index is 12.2. The average molecular weight is 399 g/mol. The van der Waals surface area contributed by atoms with Crippen LogP contribution >= 0.6 is 0 Å². The predicted molar refractivity (Wildman–Crippen MR) is 116 cm³/mol. The number of rotatable bonds is 10. The summed E-state index contributed by atoms with van der Waals surface area (Å²) in [4.78, 5) is 25.8. The standard InChI is InChI=1S/C23H31N3O3/c1-5-26(6-2)14-13-24-23(28)19-8-10-20(11-9-19)25-22(27)16-29-21-12-7-17(3)18(4)15-21/h7-12,15H,5-6,13-14,16H2,1-4H3,(H,24,28)(H,25,27)/p+1. The molecule has 0 aliphatic carbocycles. The number of ether oxygens (including phenoxy) is 1. The van der Waals surface area contributed by atoms with Gasteiger partial charge in [0, 0.05) is 11.3 Å². The van der Waals surface area contributed by atoms with E-state index in [1.807, 2.05) is 32.0 Å². The molecule has 2 amide bonds. The molecule has 0 saturated heterocycles. The van der Waals surface area contributed by atoms with Crippen LogP contribution in [0, 0.1) is 13.8 Å². The van der Waals surface area contributed by atoms with E-state index in [0.717, 1.165) is 25.2 Å². The van der Waals surface area contributed by atoms with E-state index in [0.29, 0.717) is 23.5 Å². The number of hydrogen-bond acceptors (Lipinski definition) is 3. The Balaban J connectivity index is 1.79. The summed E-state index contributed by atoms with van der Waals surface area (Å²) in [5.41, 5.74) is 3.50. The van der Waals surface area contributed by atoms with Crippen LogP contribution in [-0.4, -0.2) is 44.6 Å². The number of likely N-dealkylation sites (N-methyl/N-ethyl adjacent to an activating group) is 1. The van der Waals surface area contributed by atoms with E-state index in [4.69, 9.17) is 4.74 Å². The molecule has 0 heterocycles. The summed E-state index contributed by atoms with van der Waals surface area (Å²) in [5.74, 6) is 0.317. The zero-order valence-electron chi connectivity index (χ0n) is 17.8. The van der Waals surface area contributed by atoms with Crippen molar-refractivity contribution in [1.82, 2.24) is 5.32 Å². The number of carbonyl (C=O) groups excluding carboxylic acids is 2. The van der Waals surface area contributed by atoms with Gasteiger partial charge >= 0.3 is 0 Å². The molecule has 0 saturated carbocycles. The normalized spacial score (nSPS) is 10.7. The quantitative estimate of drug-likeness (QED) is 0.573. The van der Waals surface area contributed by atoms with Crippen molar-refractivity contribution in [1.29, 1.82) is 0 Å². The molecule has 0 aliphatic rings. The smallest absolute Gasteiger partial charge is 0.262 e. The molecule has 2 rings (SSSR count). The van der Waals surface area contributed by atoms with Crippen molar-refractivity contribution >= 4 is 17.5 Å². The maximum Gasteiger partial charge on any atom is 0.262 e. The monoisotopic (exact) mass is 398 g/mol. The van der Waals surface area contributed by atoms with E-state index in [9.17, 15) is 9.59 Å². The second-order valence-corrected chi connectivity index (χ2v) is 7.12. The first-order chi connectivity index (χ1) is 13.9. The number of hydrogen-bond donors (Lipinski definition) is 3. The van der Waals surface area contributed by atoms with Crippen molar-refractivity contribution in [2.24, 2.45) is 0 Å². The van der Waals surface area contributed by atoms with Crippen molar-refractivity contribution in [3.05, 3.63) is 59.2 Å². The van der Waals surface area contributed by atoms with E-state index < -0.39 is 0 Å². The van der Waals surface area contributed by atoms with Gasteiger partial charge in [-0.05, 0) is 75.2 Å². The molecule has 6 heteroatoms. The van der Waals surface area contributed by atoms with Gasteiger partial charge < -0.3 is 20.3 Å². The molecule has 156 valence electrons. The van der Waals surface area contributed by atoms with Crippen LogP contribution in [0.2, 0.25) is 0 Å². The van der Waals surface area contributed by atoms with E-state index in [-0.39, 0.29) is 18.4 Å². The second-order valence-electron chi connectivity index (χ2n) is 7.12. The third kappa shape index (κ3) is 7.23. The van der Waals surface area contributed by atoms with E-state index in [1.54, 1.807) is 24.3 Å². The lowest BCUT2D eigenvalue weighted by Gasteiger charge is -2.15. The number of carbonyl (C=O) groups is 2. The second kappa shape index (κ2) is 11.2. The summed E-state index contributed by atoms with van der Waals surface area (Å²) < 4.78 is 5.54. The third-order valence-electron chi connectivity index (χ3n) is 5.04. The summed E-state index contributed by atoms with van der Waals surface area (Å²) in [5, 5.41) is 5.72. The summed E-state index contributed by atoms with van der Waals surface area (Å²) in [6.45, 7) is 11.9. The largest absolute Gasteiger partial charge is 0.484 e. The van der Waals surface area contributed by atoms with Crippen LogP contribution in [0.15, 0.2) is 42.5 Å². The van der Waals surface area contributed by atoms with E-state index in [1.165, 1.54) is 10.5 Å². The molecule has 0 unspecified atom stereocenters. The lowest BCUT2D eigenvalue weighted by atomic mass is 10.1. The zero-order valence-corrected chi connectivity index (χ0v) is 17.8. The van der Waals surface area contributed by atoms with Gasteiger partial charge in [0.15, 0.2) is 6.61 Å². The van der Waals surface area contributed by atoms with Crippen LogP contribution in [0.3, 0.4) is 0 Å². The highest BCUT2D eigenvalue weighted by Gasteiger charge is 2.09. The minimum absolute atomic E-state index is 0.0710. The minimum Gasteiger partial charge on any atom is -0.484 e. The van der Waals surface area contributed by atoms with Gasteiger partial charge in [-0.3, -0.25) is 9.59 Å². The van der Waals surface area contributed by atoms with Gasteiger partial charge in [-0.25, -0.2) is 0 Å². The number of nitrogens with one attached hydrogen (secondary N) is 3. The fraction of sp³-hybridized carbons (Fsp3) is 0.391. The molecule has 0 atom stereocenters. The molecule has 3 N–H and O–H groups in total. The Morgan fingerprint density at radius 2 is 1.66 bits per heavy atom. The molecule has 2 aromatic rings. The molecule has 0 fully saturated rings. The fourth-order valence-electron chi connectivity index (χ4n) is 2.91. The molecule has 0 bridgehead atoms. The Bertz CT molecular complexity index is 815. The number of anilines is 1. The van der Waals surface area contributed by atoms with Crippen LogP contribution in [0.25, 0.3) is 0 Å². The van der Waals surface area contributed by atoms with Crippen LogP contribution < -0.4 is 20.3 Å². The molecule has 0 aliphatic heterocycles. The molecule has 6 nitrogen and oxygen atoms in total. The van der Waals surface area contributed by atoms with Gasteiger partial charge in [-0.1, -0.05) is 6.07 Å². The zero-order chi connectivity index (χ0) is 21.2. The van der Waals surface area contributed by atoms with Crippen molar-refractivity contribution < 1.29 is 19.2 Å². The van der Waals surface area contributed by atoms with Gasteiger partial charge in [0.25, 0.3) is 11.8 Å². The van der Waals surface area contributed by atoms with Gasteiger partial charge in [-0.15, -0.1) is 0 Å². The number of quaternary nitrogens is 1. The fourth-order valence-corrected chi connectivity index (χ4v) is 2.91. The highest BCUT2D eigenvalue weighted by Crippen LogP contribution is 2.16. The number of aryl methyl sites for hydroxylation is 2. The molecular weight excluding hydrogens is 366 g/mol. The average Bonchev–Trinajstić information content (AvgIpc) is 2.72. The Hall–Kier alpha value is -2.86. The molecule has 0 radical (unpaired) electrons. The topological polar surface area (TPSA) is 71.9 Å². The minimum atomic E-state index is -0.248. The summed E-state index contributed by atoms with van der Waals surface area (Å²) >= 11 is 0. The molecular formula is C23H32N3O3+. The Morgan fingerprint density at radius 3 is 2.28 bits per heavy atom. The van der Waals surface area contributed by atoms with Crippen LogP contribution in [0.4, 0.5) is 5.69 Å². The van der Waals surface area contributed by atoms with Crippen molar-refractivity contribution in [2.75, 3.05) is 38.1 Å². The van der Waals surface area contributed by atoms with Crippen molar-refractivity contribution in [2.45, 2.75) is 27.7 Å². The lowest BCUT2D eigenvalue weighted by molar-refractivity contribution is -0.895. The summed E-state index contributed by atoms with van der Waals surface area (Å²) in [7, 11) is 0. The van der Waals surface area contributed by atoms with Crippen molar-refractivity contribution in [3.63, 3.8) is 0 Å². The van der Waals surface area contributed by atoms with Crippen LogP contribution in [-0.2, 0) is 4.79 Å². The third-order valence-corrected chi connectivity index (χ3v) is 5.04. The SMILES string of the molecule is CC[NH+](CC)CCNC(=O)c1ccc(NC(=O)COc2ccc(C)c(C)c2)cc1. The van der Waals surface area contributed by atoms with Gasteiger partial charge in [0.2, 0.25) is 0 Å². The Morgan fingerprint density at radius 1 is 0.966 bits per heavy atom. The molecule has 29 heavy (non-hydrogen) atoms. The summed E-state index contributed by atoms with van der Waals surface area (Å²) in [6.07, 6.45) is 0. The van der Waals surface area contributed by atoms with Gasteiger partial charge in [0.05, 0.1) is 26.2 Å². The Labute approximate surface area is 173 Å². The maximum absolute atomic E-state index is 12.2. The van der Waals surface area contributed by atoms with Gasteiger partial charge in [-0.2, -0.15) is 0 Å². The number of benzene rings is 2. The van der Waals surface area contributed by atoms with E-state index in [2.05, 4.69) is 24.5 Å². The first-order valence-corrected chi connectivity index (χ1v) is 10.1. The highest BCUT2D eigenvalue weighted by molar-refractivity contribution is 5.96. The Kier molecular flexibility index (Phi) is 8.68. The number of amides is 2.